The Morgan fingerprint density at radius 1 is 1.28 bits per heavy atom. The number of thiazole rings is 1. The molecule has 5 nitrogen and oxygen atoms in total. The zero-order chi connectivity index (χ0) is 18.1. The minimum atomic E-state index is -0.434. The highest BCUT2D eigenvalue weighted by Crippen LogP contribution is 2.33. The molecule has 25 heavy (non-hydrogen) atoms. The Balaban J connectivity index is 1.84. The van der Waals surface area contributed by atoms with Gasteiger partial charge in [0.2, 0.25) is 0 Å². The Kier molecular flexibility index (Phi) is 4.96. The van der Waals surface area contributed by atoms with Crippen LogP contribution in [0.25, 0.3) is 10.2 Å². The van der Waals surface area contributed by atoms with Gasteiger partial charge in [-0.15, -0.1) is 11.3 Å². The third-order valence-corrected chi connectivity index (χ3v) is 6.22. The number of H-pyrrole nitrogens is 1. The molecule has 0 unspecified atom stereocenters. The summed E-state index contributed by atoms with van der Waals surface area (Å²) in [4.78, 5) is 32.3. The van der Waals surface area contributed by atoms with Gasteiger partial charge in [-0.2, -0.15) is 0 Å². The second-order valence-corrected chi connectivity index (χ2v) is 8.31. The normalized spacial score (nSPS) is 12.3. The number of carbonyl (C=O) groups excluding carboxylic acids is 2. The predicted molar refractivity (Wildman–Crippen MR) is 101 cm³/mol. The number of thioether (sulfide) groups is 1. The number of hydrogen-bond acceptors (Lipinski definition) is 6. The van der Waals surface area contributed by atoms with E-state index in [1.54, 1.807) is 25.2 Å². The zero-order valence-electron chi connectivity index (χ0n) is 14.4. The molecule has 3 aromatic rings. The molecule has 0 aliphatic rings. The van der Waals surface area contributed by atoms with Crippen molar-refractivity contribution in [1.29, 1.82) is 0 Å². The quantitative estimate of drug-likeness (QED) is 0.407. The number of benzene rings is 1. The molecular weight excluding hydrogens is 356 g/mol. The van der Waals surface area contributed by atoms with Crippen LogP contribution < -0.4 is 0 Å². The molecule has 3 rings (SSSR count). The van der Waals surface area contributed by atoms with Crippen molar-refractivity contribution in [2.45, 2.75) is 30.4 Å². The molecule has 0 saturated heterocycles. The van der Waals surface area contributed by atoms with Crippen LogP contribution in [0.3, 0.4) is 0 Å². The van der Waals surface area contributed by atoms with Gasteiger partial charge in [-0.3, -0.25) is 4.79 Å². The molecule has 0 radical (unpaired) electrons. The fourth-order valence-corrected chi connectivity index (χ4v) is 4.98. The second-order valence-electron chi connectivity index (χ2n) is 5.69. The molecule has 0 spiro atoms. The van der Waals surface area contributed by atoms with Crippen LogP contribution in [0.1, 0.15) is 39.0 Å². The van der Waals surface area contributed by atoms with E-state index >= 15 is 0 Å². The van der Waals surface area contributed by atoms with Gasteiger partial charge in [-0.1, -0.05) is 23.9 Å². The lowest BCUT2D eigenvalue weighted by Crippen LogP contribution is -2.15. The summed E-state index contributed by atoms with van der Waals surface area (Å²) >= 11 is 3.01. The van der Waals surface area contributed by atoms with Gasteiger partial charge < -0.3 is 9.72 Å². The molecule has 0 aliphatic carbocycles. The number of nitrogens with zero attached hydrogens (tertiary/aromatic N) is 1. The van der Waals surface area contributed by atoms with E-state index in [1.165, 1.54) is 18.9 Å². The largest absolute Gasteiger partial charge is 0.465 e. The van der Waals surface area contributed by atoms with Crippen molar-refractivity contribution in [3.8, 4) is 0 Å². The minimum absolute atomic E-state index is 0.0555. The molecular formula is C18H18N2O3S2. The summed E-state index contributed by atoms with van der Waals surface area (Å²) in [7, 11) is 1.33. The van der Waals surface area contributed by atoms with E-state index in [-0.39, 0.29) is 11.0 Å². The smallest absolute Gasteiger partial charge is 0.339 e. The van der Waals surface area contributed by atoms with Crippen molar-refractivity contribution >= 4 is 45.1 Å². The van der Waals surface area contributed by atoms with Gasteiger partial charge in [-0.25, -0.2) is 9.78 Å². The second kappa shape index (κ2) is 7.01. The Bertz CT molecular complexity index is 926. The first-order chi connectivity index (χ1) is 11.9. The molecule has 0 fully saturated rings. The van der Waals surface area contributed by atoms with Gasteiger partial charge in [0.05, 0.1) is 33.8 Å². The minimum Gasteiger partial charge on any atom is -0.465 e. The average molecular weight is 374 g/mol. The van der Waals surface area contributed by atoms with Gasteiger partial charge in [0.15, 0.2) is 10.1 Å². The van der Waals surface area contributed by atoms with Crippen molar-refractivity contribution in [1.82, 2.24) is 9.97 Å². The van der Waals surface area contributed by atoms with Crippen molar-refractivity contribution < 1.29 is 14.3 Å². The summed E-state index contributed by atoms with van der Waals surface area (Å²) in [6, 6.07) is 7.90. The Labute approximate surface area is 153 Å². The van der Waals surface area contributed by atoms with Gasteiger partial charge in [0, 0.05) is 5.69 Å². The van der Waals surface area contributed by atoms with Gasteiger partial charge in [0.1, 0.15) is 0 Å². The first kappa shape index (κ1) is 17.7. The molecule has 130 valence electrons. The third-order valence-electron chi connectivity index (χ3n) is 3.99. The van der Waals surface area contributed by atoms with E-state index in [1.807, 2.05) is 31.2 Å². The number of esters is 1. The fraction of sp³-hybridized carbons (Fsp3) is 0.278. The molecule has 1 aromatic carbocycles. The monoisotopic (exact) mass is 374 g/mol. The topological polar surface area (TPSA) is 72.1 Å². The standard InChI is InChI=1S/C18H18N2O3S2/c1-9-14(17(22)23-4)10(2)19-15(9)16(21)11(3)24-18-20-12-7-5-6-8-13(12)25-18/h5-8,11,19H,1-4H3/t11-/m1/s1. The van der Waals surface area contributed by atoms with Crippen molar-refractivity contribution in [2.75, 3.05) is 7.11 Å². The number of ether oxygens (including phenoxy) is 1. The zero-order valence-corrected chi connectivity index (χ0v) is 16.0. The van der Waals surface area contributed by atoms with E-state index in [0.29, 0.717) is 22.5 Å². The molecule has 0 amide bonds. The van der Waals surface area contributed by atoms with Crippen LogP contribution in [-0.4, -0.2) is 34.1 Å². The van der Waals surface area contributed by atoms with Crippen LogP contribution in [0.4, 0.5) is 0 Å². The number of fused-ring (bicyclic) bond motifs is 1. The van der Waals surface area contributed by atoms with E-state index in [4.69, 9.17) is 4.74 Å². The Morgan fingerprint density at radius 2 is 2.00 bits per heavy atom. The van der Waals surface area contributed by atoms with Crippen LogP contribution in [-0.2, 0) is 4.74 Å². The molecule has 0 bridgehead atoms. The van der Waals surface area contributed by atoms with Gasteiger partial charge >= 0.3 is 5.97 Å². The first-order valence-corrected chi connectivity index (χ1v) is 9.46. The van der Waals surface area contributed by atoms with E-state index in [0.717, 1.165) is 14.6 Å². The van der Waals surface area contributed by atoms with Crippen LogP contribution >= 0.6 is 23.1 Å². The van der Waals surface area contributed by atoms with Crippen LogP contribution in [0.15, 0.2) is 28.6 Å². The number of nitrogens with one attached hydrogen (secondary N) is 1. The maximum atomic E-state index is 12.8. The van der Waals surface area contributed by atoms with Crippen LogP contribution in [0.5, 0.6) is 0 Å². The highest BCUT2D eigenvalue weighted by atomic mass is 32.2. The van der Waals surface area contributed by atoms with Crippen molar-refractivity contribution in [2.24, 2.45) is 0 Å². The summed E-state index contributed by atoms with van der Waals surface area (Å²) in [6.45, 7) is 5.38. The number of hydrogen-bond donors (Lipinski definition) is 1. The number of aryl methyl sites for hydroxylation is 1. The third kappa shape index (κ3) is 3.34. The lowest BCUT2D eigenvalue weighted by atomic mass is 10.1. The maximum Gasteiger partial charge on any atom is 0.339 e. The number of methoxy groups -OCH3 is 1. The average Bonchev–Trinajstić information content (AvgIpc) is 3.13. The predicted octanol–water partition coefficient (Wildman–Crippen LogP) is 4.39. The van der Waals surface area contributed by atoms with Crippen molar-refractivity contribution in [3.63, 3.8) is 0 Å². The van der Waals surface area contributed by atoms with Crippen LogP contribution in [0.2, 0.25) is 0 Å². The number of aromatic nitrogens is 2. The Hall–Kier alpha value is -2.12. The number of Topliss-reactive ketones (excluding diaryl/α,β-unsaturated/α-hetero) is 1. The number of para-hydroxylation sites is 1. The lowest BCUT2D eigenvalue weighted by molar-refractivity contribution is 0.0599. The molecule has 0 aliphatic heterocycles. The van der Waals surface area contributed by atoms with E-state index in [9.17, 15) is 9.59 Å². The number of ketones is 1. The number of aromatic amines is 1. The number of carbonyl (C=O) groups is 2. The molecule has 2 heterocycles. The summed E-state index contributed by atoms with van der Waals surface area (Å²) in [5.41, 5.74) is 3.10. The van der Waals surface area contributed by atoms with Crippen molar-refractivity contribution in [3.05, 3.63) is 46.8 Å². The summed E-state index contributed by atoms with van der Waals surface area (Å²) in [6.07, 6.45) is 0. The highest BCUT2D eigenvalue weighted by molar-refractivity contribution is 8.02. The molecule has 0 saturated carbocycles. The van der Waals surface area contributed by atoms with Crippen LogP contribution in [0, 0.1) is 13.8 Å². The SMILES string of the molecule is COC(=O)c1c(C)[nH]c(C(=O)[C@@H](C)Sc2nc3ccccc3s2)c1C. The fourth-order valence-electron chi connectivity index (χ4n) is 2.71. The van der Waals surface area contributed by atoms with Gasteiger partial charge in [0.25, 0.3) is 0 Å². The molecule has 2 aromatic heterocycles. The lowest BCUT2D eigenvalue weighted by Gasteiger charge is -2.08. The summed E-state index contributed by atoms with van der Waals surface area (Å²) in [5, 5.41) is -0.317. The Morgan fingerprint density at radius 3 is 2.68 bits per heavy atom. The van der Waals surface area contributed by atoms with E-state index in [2.05, 4.69) is 9.97 Å². The van der Waals surface area contributed by atoms with Gasteiger partial charge in [-0.05, 0) is 38.5 Å². The summed E-state index contributed by atoms with van der Waals surface area (Å²) < 4.78 is 6.76. The number of rotatable bonds is 5. The molecule has 7 heteroatoms. The van der Waals surface area contributed by atoms with E-state index < -0.39 is 5.97 Å². The maximum absolute atomic E-state index is 12.8. The highest BCUT2D eigenvalue weighted by Gasteiger charge is 2.26. The molecule has 1 N–H and O–H groups in total. The summed E-state index contributed by atoms with van der Waals surface area (Å²) in [5.74, 6) is -0.489. The molecule has 1 atom stereocenters. The first-order valence-electron chi connectivity index (χ1n) is 7.76.